The molecule has 6 aromatic carbocycles. The van der Waals surface area contributed by atoms with Gasteiger partial charge in [-0.05, 0) is 133 Å². The molecule has 0 bridgehead atoms. The van der Waals surface area contributed by atoms with Crippen LogP contribution in [0.5, 0.6) is 17.2 Å². The maximum Gasteiger partial charge on any atom is 0.413 e. The Morgan fingerprint density at radius 2 is 1.58 bits per heavy atom. The molecule has 0 saturated heterocycles. The average molecular weight is 1060 g/mol. The van der Waals surface area contributed by atoms with Crippen LogP contribution in [0.3, 0.4) is 0 Å². The third kappa shape index (κ3) is 11.7. The van der Waals surface area contributed by atoms with Crippen molar-refractivity contribution in [2.45, 2.75) is 75.4 Å². The molecule has 9 rings (SSSR count). The van der Waals surface area contributed by atoms with Gasteiger partial charge in [0.2, 0.25) is 15.9 Å². The lowest BCUT2D eigenvalue weighted by Gasteiger charge is -2.37. The molecule has 0 radical (unpaired) electrons. The first-order valence-electron chi connectivity index (χ1n) is 22.9. The highest BCUT2D eigenvalue weighted by atomic mass is 35.5. The SMILES string of the molecule is COC(=O)C(Cc1ccc(-c2ccc(C#N)cc2)cc1)NC(=O)C1Cc2cc3c(cc2CN1S(=O)(=O)c1ccc2nc(NC(=O)OC(C)(C)C)sc2c1)OC(c1ccc(OCc2ccc(Cl)c(Cl)c2)cc1)CO3. The van der Waals surface area contributed by atoms with Gasteiger partial charge in [0.25, 0.3) is 0 Å². The molecule has 3 heterocycles. The highest BCUT2D eigenvalue weighted by molar-refractivity contribution is 7.89. The number of nitriles is 1. The number of nitrogens with one attached hydrogen (secondary N) is 2. The fraction of sp³-hybridized carbons (Fsp3) is 0.241. The van der Waals surface area contributed by atoms with Crippen LogP contribution in [0.1, 0.15) is 60.3 Å². The Bertz CT molecular complexity index is 3400. The second-order valence-corrected chi connectivity index (χ2v) is 22.0. The van der Waals surface area contributed by atoms with Crippen LogP contribution in [0.4, 0.5) is 9.93 Å². The van der Waals surface area contributed by atoms with Crippen molar-refractivity contribution in [3.63, 3.8) is 0 Å². The first-order valence-corrected chi connectivity index (χ1v) is 26.0. The zero-order valence-electron chi connectivity index (χ0n) is 39.8. The quantitative estimate of drug-likeness (QED) is 0.104. The number of sulfonamides is 1. The van der Waals surface area contributed by atoms with E-state index < -0.39 is 51.8 Å². The smallest absolute Gasteiger partial charge is 0.413 e. The van der Waals surface area contributed by atoms with Crippen LogP contribution >= 0.6 is 34.5 Å². The van der Waals surface area contributed by atoms with Crippen LogP contribution in [0.15, 0.2) is 126 Å². The highest BCUT2D eigenvalue weighted by Crippen LogP contribution is 2.42. The number of fused-ring (bicyclic) bond motifs is 3. The van der Waals surface area contributed by atoms with E-state index in [9.17, 15) is 19.6 Å². The van der Waals surface area contributed by atoms with E-state index in [4.69, 9.17) is 46.9 Å². The number of nitrogens with zero attached hydrogens (tertiary/aromatic N) is 3. The normalized spacial score (nSPS) is 15.8. The van der Waals surface area contributed by atoms with Gasteiger partial charge in [-0.3, -0.25) is 10.1 Å². The molecule has 0 spiro atoms. The van der Waals surface area contributed by atoms with E-state index in [1.807, 2.05) is 66.7 Å². The van der Waals surface area contributed by atoms with E-state index in [1.54, 1.807) is 57.2 Å². The number of amides is 2. The number of esters is 1. The molecule has 2 aliphatic rings. The number of anilines is 1. The first kappa shape index (κ1) is 50.7. The predicted octanol–water partition coefficient (Wildman–Crippen LogP) is 10.6. The summed E-state index contributed by atoms with van der Waals surface area (Å²) in [5, 5.41) is 15.7. The van der Waals surface area contributed by atoms with E-state index in [2.05, 4.69) is 21.7 Å². The third-order valence-electron chi connectivity index (χ3n) is 12.1. The molecule has 1 aromatic heterocycles. The van der Waals surface area contributed by atoms with E-state index >= 15 is 8.42 Å². The average Bonchev–Trinajstić information content (AvgIpc) is 3.78. The third-order valence-corrected chi connectivity index (χ3v) is 15.6. The Hall–Kier alpha value is -7.20. The molecular formula is C54H47Cl2N5O10S2. The number of carbonyl (C=O) groups excluding carboxylic acids is 3. The van der Waals surface area contributed by atoms with E-state index in [0.29, 0.717) is 59.8 Å². The molecule has 7 aromatic rings. The van der Waals surface area contributed by atoms with Crippen molar-refractivity contribution in [3.05, 3.63) is 165 Å². The van der Waals surface area contributed by atoms with Crippen molar-refractivity contribution in [3.8, 4) is 34.4 Å². The summed E-state index contributed by atoms with van der Waals surface area (Å²) in [6.45, 7) is 5.40. The van der Waals surface area contributed by atoms with Gasteiger partial charge in [0.1, 0.15) is 36.6 Å². The molecule has 0 saturated carbocycles. The minimum Gasteiger partial charge on any atom is -0.489 e. The van der Waals surface area contributed by atoms with Crippen LogP contribution in [0, 0.1) is 11.3 Å². The number of benzene rings is 6. The van der Waals surface area contributed by atoms with Crippen LogP contribution in [-0.2, 0) is 55.1 Å². The maximum atomic E-state index is 15.0. The van der Waals surface area contributed by atoms with E-state index in [-0.39, 0.29) is 42.6 Å². The van der Waals surface area contributed by atoms with Gasteiger partial charge in [-0.25, -0.2) is 23.0 Å². The molecular weight excluding hydrogens is 1010 g/mol. The van der Waals surface area contributed by atoms with Gasteiger partial charge in [-0.15, -0.1) is 0 Å². The van der Waals surface area contributed by atoms with Gasteiger partial charge >= 0.3 is 12.1 Å². The van der Waals surface area contributed by atoms with Crippen molar-refractivity contribution in [2.75, 3.05) is 19.0 Å². The van der Waals surface area contributed by atoms with Crippen molar-refractivity contribution in [1.29, 1.82) is 5.26 Å². The Balaban J connectivity index is 0.978. The summed E-state index contributed by atoms with van der Waals surface area (Å²) in [7, 11) is -3.27. The Kier molecular flexibility index (Phi) is 14.7. The lowest BCUT2D eigenvalue weighted by Crippen LogP contribution is -2.56. The van der Waals surface area contributed by atoms with Crippen LogP contribution in [-0.4, -0.2) is 67.1 Å². The van der Waals surface area contributed by atoms with Crippen LogP contribution in [0.25, 0.3) is 21.3 Å². The van der Waals surface area contributed by atoms with Crippen molar-refractivity contribution in [1.82, 2.24) is 14.6 Å². The minimum atomic E-state index is -4.48. The molecule has 0 aliphatic carbocycles. The largest absolute Gasteiger partial charge is 0.489 e. The number of ether oxygens (including phenoxy) is 5. The van der Waals surface area contributed by atoms with Gasteiger partial charge in [0, 0.05) is 13.0 Å². The standard InChI is InChI=1S/C54H47Cl2N5O10S2/c1-54(2,3)71-53(64)60-52-59-43-20-18-40(26-49(43)72-52)73(65,66)61-28-38-25-47-46(69-30-48(70-47)36-14-16-39(17-15-36)68-29-33-9-19-41(55)42(56)21-33)24-37(38)23-45(61)50(62)58-44(51(63)67-4)22-31-5-10-34(11-6-31)35-12-7-32(27-57)8-13-35/h5-21,24-26,44-45,48H,22-23,28-30H2,1-4H3,(H,58,62)(H,59,60,64). The number of rotatable bonds is 13. The molecule has 15 nitrogen and oxygen atoms in total. The van der Waals surface area contributed by atoms with E-state index in [0.717, 1.165) is 37.9 Å². The second-order valence-electron chi connectivity index (χ2n) is 18.3. The van der Waals surface area contributed by atoms with Gasteiger partial charge in [0.15, 0.2) is 22.7 Å². The number of aromatic nitrogens is 1. The second kappa shape index (κ2) is 21.1. The number of hydrogen-bond donors (Lipinski definition) is 2. The van der Waals surface area contributed by atoms with Crippen molar-refractivity contribution in [2.24, 2.45) is 0 Å². The van der Waals surface area contributed by atoms with Gasteiger partial charge in [0.05, 0.1) is 43.9 Å². The fourth-order valence-electron chi connectivity index (χ4n) is 8.40. The summed E-state index contributed by atoms with van der Waals surface area (Å²) >= 11 is 13.3. The summed E-state index contributed by atoms with van der Waals surface area (Å²) in [5.41, 5.74) is 5.59. The monoisotopic (exact) mass is 1060 g/mol. The summed E-state index contributed by atoms with van der Waals surface area (Å²) in [6, 6.07) is 34.7. The number of halogens is 2. The molecule has 73 heavy (non-hydrogen) atoms. The Labute approximate surface area is 435 Å². The zero-order chi connectivity index (χ0) is 51.6. The highest BCUT2D eigenvalue weighted by Gasteiger charge is 2.42. The summed E-state index contributed by atoms with van der Waals surface area (Å²) in [5.74, 6) is 0.000644. The zero-order valence-corrected chi connectivity index (χ0v) is 43.0. The topological polar surface area (TPSA) is 195 Å². The first-order chi connectivity index (χ1) is 34.9. The molecule has 2 N–H and O–H groups in total. The molecule has 19 heteroatoms. The fourth-order valence-corrected chi connectivity index (χ4v) is 11.3. The summed E-state index contributed by atoms with van der Waals surface area (Å²) in [6.07, 6.45) is -1.27. The molecule has 3 atom stereocenters. The van der Waals surface area contributed by atoms with Gasteiger partial charge in [-0.1, -0.05) is 89.1 Å². The summed E-state index contributed by atoms with van der Waals surface area (Å²) in [4.78, 5) is 45.0. The van der Waals surface area contributed by atoms with E-state index in [1.165, 1.54) is 25.3 Å². The Morgan fingerprint density at radius 1 is 0.877 bits per heavy atom. The number of hydrogen-bond acceptors (Lipinski definition) is 13. The lowest BCUT2D eigenvalue weighted by atomic mass is 9.93. The van der Waals surface area contributed by atoms with Crippen LogP contribution < -0.4 is 24.8 Å². The number of methoxy groups -OCH3 is 1. The molecule has 3 unspecified atom stereocenters. The van der Waals surface area contributed by atoms with Crippen LogP contribution in [0.2, 0.25) is 10.0 Å². The van der Waals surface area contributed by atoms with Crippen molar-refractivity contribution < 1.29 is 46.5 Å². The summed E-state index contributed by atoms with van der Waals surface area (Å²) < 4.78 is 60.9. The van der Waals surface area contributed by atoms with Gasteiger partial charge < -0.3 is 29.0 Å². The molecule has 2 amide bonds. The molecule has 374 valence electrons. The number of carbonyl (C=O) groups is 3. The molecule has 0 fully saturated rings. The lowest BCUT2D eigenvalue weighted by molar-refractivity contribution is -0.145. The number of thiazole rings is 1. The minimum absolute atomic E-state index is 0.0398. The molecule has 2 aliphatic heterocycles. The maximum absolute atomic E-state index is 15.0. The Morgan fingerprint density at radius 3 is 2.26 bits per heavy atom. The van der Waals surface area contributed by atoms with Crippen molar-refractivity contribution >= 4 is 77.9 Å². The van der Waals surface area contributed by atoms with Gasteiger partial charge in [-0.2, -0.15) is 9.57 Å². The predicted molar refractivity (Wildman–Crippen MR) is 276 cm³/mol.